The molecule has 0 aliphatic heterocycles. The lowest BCUT2D eigenvalue weighted by Gasteiger charge is -2.13. The van der Waals surface area contributed by atoms with E-state index < -0.39 is 35.3 Å². The molecule has 21 heavy (non-hydrogen) atoms. The number of carbonyl (C=O) groups excluding carboxylic acids is 2. The second-order valence-corrected chi connectivity index (χ2v) is 4.93. The summed E-state index contributed by atoms with van der Waals surface area (Å²) in [5, 5.41) is 5.33. The Morgan fingerprint density at radius 1 is 1.24 bits per heavy atom. The first-order chi connectivity index (χ1) is 9.99. The summed E-state index contributed by atoms with van der Waals surface area (Å²) in [4.78, 5) is 23.5. The highest BCUT2D eigenvalue weighted by Gasteiger charge is 2.21. The molecular weight excluding hydrogens is 300 g/mol. The molecule has 0 spiro atoms. The molecule has 0 aliphatic rings. The van der Waals surface area contributed by atoms with E-state index in [9.17, 15) is 18.4 Å². The third-order valence-electron chi connectivity index (χ3n) is 2.62. The number of benzene rings is 1. The Morgan fingerprint density at radius 3 is 2.48 bits per heavy atom. The maximum absolute atomic E-state index is 13.4. The zero-order chi connectivity index (χ0) is 15.4. The summed E-state index contributed by atoms with van der Waals surface area (Å²) in [6.07, 6.45) is -1.18. The van der Waals surface area contributed by atoms with Crippen LogP contribution in [-0.2, 0) is 9.53 Å². The van der Waals surface area contributed by atoms with E-state index in [2.05, 4.69) is 5.32 Å². The highest BCUT2D eigenvalue weighted by Crippen LogP contribution is 2.18. The number of anilines is 1. The van der Waals surface area contributed by atoms with Crippen LogP contribution in [0.4, 0.5) is 14.5 Å². The molecule has 1 N–H and O–H groups in total. The van der Waals surface area contributed by atoms with Gasteiger partial charge in [0, 0.05) is 5.38 Å². The Kier molecular flexibility index (Phi) is 4.64. The van der Waals surface area contributed by atoms with E-state index in [4.69, 9.17) is 4.74 Å². The van der Waals surface area contributed by atoms with Crippen molar-refractivity contribution in [1.82, 2.24) is 0 Å². The molecule has 1 amide bonds. The molecule has 0 saturated heterocycles. The molecule has 1 heterocycles. The number of ether oxygens (including phenoxy) is 1. The first-order valence-electron chi connectivity index (χ1n) is 5.97. The largest absolute Gasteiger partial charge is 0.449 e. The van der Waals surface area contributed by atoms with Gasteiger partial charge in [-0.25, -0.2) is 13.6 Å². The molecule has 0 saturated carbocycles. The van der Waals surface area contributed by atoms with Crippen molar-refractivity contribution in [2.45, 2.75) is 13.0 Å². The Bertz CT molecular complexity index is 638. The van der Waals surface area contributed by atoms with Gasteiger partial charge in [-0.3, -0.25) is 4.79 Å². The molecule has 1 aromatic heterocycles. The third kappa shape index (κ3) is 3.63. The lowest BCUT2D eigenvalue weighted by atomic mass is 10.2. The summed E-state index contributed by atoms with van der Waals surface area (Å²) >= 11 is 1.31. The molecule has 0 fully saturated rings. The van der Waals surface area contributed by atoms with E-state index >= 15 is 0 Å². The molecular formula is C14H11F2NO3S. The van der Waals surface area contributed by atoms with Crippen LogP contribution in [0.25, 0.3) is 0 Å². The molecule has 110 valence electrons. The summed E-state index contributed by atoms with van der Waals surface area (Å²) < 4.78 is 31.7. The molecule has 0 unspecified atom stereocenters. The van der Waals surface area contributed by atoms with Crippen molar-refractivity contribution in [3.8, 4) is 0 Å². The number of amides is 1. The van der Waals surface area contributed by atoms with Gasteiger partial charge in [-0.05, 0) is 30.5 Å². The highest BCUT2D eigenvalue weighted by molar-refractivity contribution is 7.08. The van der Waals surface area contributed by atoms with E-state index in [1.165, 1.54) is 24.3 Å². The Hall–Kier alpha value is -2.28. The molecule has 0 aliphatic carbocycles. The number of hydrogen-bond donors (Lipinski definition) is 1. The fourth-order valence-electron chi connectivity index (χ4n) is 1.50. The predicted octanol–water partition coefficient (Wildman–Crippen LogP) is 3.21. The van der Waals surface area contributed by atoms with Crippen LogP contribution in [0, 0.1) is 11.6 Å². The predicted molar refractivity (Wildman–Crippen MR) is 74.2 cm³/mol. The number of carbonyl (C=O) groups is 2. The average molecular weight is 311 g/mol. The van der Waals surface area contributed by atoms with Crippen molar-refractivity contribution in [2.75, 3.05) is 5.32 Å². The van der Waals surface area contributed by atoms with Crippen molar-refractivity contribution in [3.63, 3.8) is 0 Å². The normalized spacial score (nSPS) is 11.8. The minimum Gasteiger partial charge on any atom is -0.449 e. The van der Waals surface area contributed by atoms with E-state index in [0.717, 1.165) is 12.1 Å². The molecule has 4 nitrogen and oxygen atoms in total. The number of hydrogen-bond acceptors (Lipinski definition) is 4. The van der Waals surface area contributed by atoms with Crippen molar-refractivity contribution >= 4 is 28.9 Å². The van der Waals surface area contributed by atoms with Gasteiger partial charge in [0.05, 0.1) is 5.56 Å². The SMILES string of the molecule is C[C@@H](OC(=O)c1ccsc1)C(=O)Nc1c(F)cccc1F. The number of para-hydroxylation sites is 1. The second-order valence-electron chi connectivity index (χ2n) is 4.15. The Balaban J connectivity index is 2.01. The van der Waals surface area contributed by atoms with E-state index in [0.29, 0.717) is 5.56 Å². The number of esters is 1. The topological polar surface area (TPSA) is 55.4 Å². The molecule has 1 atom stereocenters. The average Bonchev–Trinajstić information content (AvgIpc) is 2.97. The summed E-state index contributed by atoms with van der Waals surface area (Å²) in [5.41, 5.74) is -0.252. The lowest BCUT2D eigenvalue weighted by Crippen LogP contribution is -2.30. The molecule has 2 aromatic rings. The van der Waals surface area contributed by atoms with Crippen LogP contribution >= 0.6 is 11.3 Å². The lowest BCUT2D eigenvalue weighted by molar-refractivity contribution is -0.123. The fourth-order valence-corrected chi connectivity index (χ4v) is 2.13. The number of thiophene rings is 1. The first-order valence-corrected chi connectivity index (χ1v) is 6.91. The van der Waals surface area contributed by atoms with Gasteiger partial charge >= 0.3 is 5.97 Å². The number of nitrogens with one attached hydrogen (secondary N) is 1. The summed E-state index contributed by atoms with van der Waals surface area (Å²) in [6, 6.07) is 4.76. The van der Waals surface area contributed by atoms with Gasteiger partial charge in [-0.2, -0.15) is 11.3 Å². The highest BCUT2D eigenvalue weighted by atomic mass is 32.1. The standard InChI is InChI=1S/C14H11F2NO3S/c1-8(20-14(19)9-5-6-21-7-9)13(18)17-12-10(15)3-2-4-11(12)16/h2-8H,1H3,(H,17,18)/t8-/m1/s1. The van der Waals surface area contributed by atoms with Gasteiger partial charge in [-0.15, -0.1) is 0 Å². The monoisotopic (exact) mass is 311 g/mol. The van der Waals surface area contributed by atoms with E-state index in [1.807, 2.05) is 0 Å². The third-order valence-corrected chi connectivity index (χ3v) is 3.30. The van der Waals surface area contributed by atoms with Crippen molar-refractivity contribution in [1.29, 1.82) is 0 Å². The summed E-state index contributed by atoms with van der Waals surface area (Å²) in [5.74, 6) is -3.30. The van der Waals surface area contributed by atoms with Gasteiger partial charge in [0.1, 0.15) is 17.3 Å². The van der Waals surface area contributed by atoms with Gasteiger partial charge in [0.15, 0.2) is 6.10 Å². The molecule has 0 bridgehead atoms. The molecule has 2 rings (SSSR count). The quantitative estimate of drug-likeness (QED) is 0.882. The maximum Gasteiger partial charge on any atom is 0.339 e. The van der Waals surface area contributed by atoms with E-state index in [1.54, 1.807) is 16.8 Å². The smallest absolute Gasteiger partial charge is 0.339 e. The fraction of sp³-hybridized carbons (Fsp3) is 0.143. The summed E-state index contributed by atoms with van der Waals surface area (Å²) in [6.45, 7) is 1.32. The van der Waals surface area contributed by atoms with Gasteiger partial charge in [0.25, 0.3) is 5.91 Å². The number of rotatable bonds is 4. The zero-order valence-electron chi connectivity index (χ0n) is 10.9. The van der Waals surface area contributed by atoms with Crippen LogP contribution in [0.2, 0.25) is 0 Å². The first kappa shape index (κ1) is 15.1. The van der Waals surface area contributed by atoms with Crippen LogP contribution in [-0.4, -0.2) is 18.0 Å². The van der Waals surface area contributed by atoms with Crippen LogP contribution in [0.5, 0.6) is 0 Å². The minimum absolute atomic E-state index is 0.316. The van der Waals surface area contributed by atoms with Gasteiger partial charge in [-0.1, -0.05) is 6.07 Å². The van der Waals surface area contributed by atoms with Gasteiger partial charge < -0.3 is 10.1 Å². The van der Waals surface area contributed by atoms with Crippen LogP contribution < -0.4 is 5.32 Å². The molecule has 7 heteroatoms. The molecule has 1 aromatic carbocycles. The number of halogens is 2. The molecule has 0 radical (unpaired) electrons. The minimum atomic E-state index is -1.18. The Morgan fingerprint density at radius 2 is 1.90 bits per heavy atom. The van der Waals surface area contributed by atoms with Crippen LogP contribution in [0.15, 0.2) is 35.0 Å². The van der Waals surface area contributed by atoms with Crippen molar-refractivity contribution < 1.29 is 23.1 Å². The maximum atomic E-state index is 13.4. The van der Waals surface area contributed by atoms with Crippen LogP contribution in [0.1, 0.15) is 17.3 Å². The Labute approximate surface area is 123 Å². The second kappa shape index (κ2) is 6.45. The van der Waals surface area contributed by atoms with Gasteiger partial charge in [0.2, 0.25) is 0 Å². The van der Waals surface area contributed by atoms with Crippen molar-refractivity contribution in [3.05, 3.63) is 52.2 Å². The van der Waals surface area contributed by atoms with Crippen molar-refractivity contribution in [2.24, 2.45) is 0 Å². The summed E-state index contributed by atoms with van der Waals surface area (Å²) in [7, 11) is 0. The van der Waals surface area contributed by atoms with E-state index in [-0.39, 0.29) is 0 Å². The van der Waals surface area contributed by atoms with Crippen LogP contribution in [0.3, 0.4) is 0 Å². The zero-order valence-corrected chi connectivity index (χ0v) is 11.7.